The first-order valence-corrected chi connectivity index (χ1v) is 8.32. The van der Waals surface area contributed by atoms with E-state index in [0.29, 0.717) is 11.5 Å². The maximum Gasteiger partial charge on any atom is 0.293 e. The van der Waals surface area contributed by atoms with Gasteiger partial charge in [0, 0.05) is 17.5 Å². The smallest absolute Gasteiger partial charge is 0.293 e. The van der Waals surface area contributed by atoms with Crippen LogP contribution in [0, 0.1) is 23.0 Å². The summed E-state index contributed by atoms with van der Waals surface area (Å²) in [7, 11) is 0. The molecule has 0 unspecified atom stereocenters. The van der Waals surface area contributed by atoms with Gasteiger partial charge >= 0.3 is 0 Å². The third-order valence-electron chi connectivity index (χ3n) is 4.17. The van der Waals surface area contributed by atoms with E-state index in [1.54, 1.807) is 19.1 Å². The van der Waals surface area contributed by atoms with Gasteiger partial charge in [-0.3, -0.25) is 14.9 Å². The molecule has 0 fully saturated rings. The topological polar surface area (TPSA) is 88.9 Å². The van der Waals surface area contributed by atoms with Gasteiger partial charge in [0.2, 0.25) is 0 Å². The van der Waals surface area contributed by atoms with Gasteiger partial charge in [0.15, 0.2) is 6.54 Å². The van der Waals surface area contributed by atoms with Gasteiger partial charge in [-0.05, 0) is 12.5 Å². The fraction of sp³-hybridized carbons (Fsp3) is 0.316. The summed E-state index contributed by atoms with van der Waals surface area (Å²) >= 11 is 0. The Morgan fingerprint density at radius 1 is 1.16 bits per heavy atom. The fourth-order valence-corrected chi connectivity index (χ4v) is 2.86. The molecule has 0 aliphatic rings. The zero-order valence-corrected chi connectivity index (χ0v) is 14.7. The minimum Gasteiger partial charge on any atom is -0.332 e. The highest BCUT2D eigenvalue weighted by Gasteiger charge is 2.22. The van der Waals surface area contributed by atoms with Crippen LogP contribution >= 0.6 is 0 Å². The zero-order chi connectivity index (χ0) is 18.4. The van der Waals surface area contributed by atoms with Crippen LogP contribution in [-0.4, -0.2) is 17.4 Å². The molecule has 0 heterocycles. The zero-order valence-electron chi connectivity index (χ0n) is 14.7. The van der Waals surface area contributed by atoms with Crippen molar-refractivity contribution in [1.29, 1.82) is 0 Å². The lowest BCUT2D eigenvalue weighted by Gasteiger charge is -2.19. The molecule has 0 saturated heterocycles. The predicted molar refractivity (Wildman–Crippen MR) is 97.3 cm³/mol. The Morgan fingerprint density at radius 2 is 1.84 bits per heavy atom. The number of nitrogens with zero attached hydrogens (tertiary/aromatic N) is 1. The van der Waals surface area contributed by atoms with Crippen molar-refractivity contribution in [2.45, 2.75) is 26.8 Å². The van der Waals surface area contributed by atoms with Crippen LogP contribution < -0.4 is 10.6 Å². The number of quaternary nitrogens is 1. The van der Waals surface area contributed by atoms with E-state index in [4.69, 9.17) is 0 Å². The summed E-state index contributed by atoms with van der Waals surface area (Å²) in [5.41, 5.74) is 2.02. The highest BCUT2D eigenvalue weighted by molar-refractivity contribution is 5.94. The number of nitrogens with two attached hydrogens (primary N) is 1. The van der Waals surface area contributed by atoms with Crippen LogP contribution in [0.5, 0.6) is 0 Å². The molecule has 0 aliphatic heterocycles. The molecule has 6 nitrogen and oxygen atoms in total. The number of carbonyl (C=O) groups is 1. The normalized spacial score (nSPS) is 12.0. The summed E-state index contributed by atoms with van der Waals surface area (Å²) in [5.74, 6) is 0.0991. The Hall–Kier alpha value is -2.73. The van der Waals surface area contributed by atoms with Crippen molar-refractivity contribution in [2.75, 3.05) is 11.9 Å². The molecule has 132 valence electrons. The number of hydrogen-bond donors (Lipinski definition) is 2. The number of para-hydroxylation sites is 1. The number of nitro groups is 1. The van der Waals surface area contributed by atoms with Crippen LogP contribution in [-0.2, 0) is 4.79 Å². The second-order valence-electron chi connectivity index (χ2n) is 6.39. The Labute approximate surface area is 147 Å². The molecule has 2 aromatic carbocycles. The number of nitrogens with one attached hydrogen (secondary N) is 1. The molecule has 1 amide bonds. The third kappa shape index (κ3) is 4.87. The highest BCUT2D eigenvalue weighted by Crippen LogP contribution is 2.27. The third-order valence-corrected chi connectivity index (χ3v) is 4.17. The van der Waals surface area contributed by atoms with Crippen molar-refractivity contribution in [1.82, 2.24) is 0 Å². The van der Waals surface area contributed by atoms with Crippen molar-refractivity contribution in [3.05, 3.63) is 69.8 Å². The van der Waals surface area contributed by atoms with Crippen LogP contribution in [0.15, 0.2) is 48.5 Å². The van der Waals surface area contributed by atoms with Gasteiger partial charge in [-0.15, -0.1) is 0 Å². The van der Waals surface area contributed by atoms with Gasteiger partial charge in [-0.25, -0.2) is 0 Å². The maximum absolute atomic E-state index is 12.3. The summed E-state index contributed by atoms with van der Waals surface area (Å²) in [6.07, 6.45) is 0. The quantitative estimate of drug-likeness (QED) is 0.599. The van der Waals surface area contributed by atoms with Gasteiger partial charge < -0.3 is 10.6 Å². The second kappa shape index (κ2) is 8.39. The minimum atomic E-state index is -0.479. The van der Waals surface area contributed by atoms with E-state index in [2.05, 4.69) is 19.2 Å². The number of aryl methyl sites for hydroxylation is 1. The SMILES string of the molecule is Cc1cccc([N+](=O)[O-])c1NC(=O)C[NH2+][C@@H](c1ccccc1)C(C)C. The van der Waals surface area contributed by atoms with E-state index >= 15 is 0 Å². The first-order valence-electron chi connectivity index (χ1n) is 8.32. The summed E-state index contributed by atoms with van der Waals surface area (Å²) in [4.78, 5) is 23.0. The first kappa shape index (κ1) is 18.6. The van der Waals surface area contributed by atoms with Gasteiger partial charge in [0.25, 0.3) is 11.6 Å². The van der Waals surface area contributed by atoms with Crippen molar-refractivity contribution in [3.8, 4) is 0 Å². The number of benzene rings is 2. The molecule has 2 rings (SSSR count). The van der Waals surface area contributed by atoms with Crippen LogP contribution in [0.2, 0.25) is 0 Å². The lowest BCUT2D eigenvalue weighted by atomic mass is 9.96. The van der Waals surface area contributed by atoms with Crippen LogP contribution in [0.4, 0.5) is 11.4 Å². The summed E-state index contributed by atoms with van der Waals surface area (Å²) < 4.78 is 0. The number of nitro benzene ring substituents is 1. The largest absolute Gasteiger partial charge is 0.332 e. The molecule has 0 spiro atoms. The summed E-state index contributed by atoms with van der Waals surface area (Å²) in [6.45, 7) is 6.16. The van der Waals surface area contributed by atoms with Crippen molar-refractivity contribution >= 4 is 17.3 Å². The van der Waals surface area contributed by atoms with E-state index in [1.165, 1.54) is 6.07 Å². The monoisotopic (exact) mass is 342 g/mol. The van der Waals surface area contributed by atoms with Crippen LogP contribution in [0.3, 0.4) is 0 Å². The molecule has 0 bridgehead atoms. The summed E-state index contributed by atoms with van der Waals surface area (Å²) in [5, 5.41) is 15.8. The molecular formula is C19H24N3O3+. The molecule has 0 aromatic heterocycles. The van der Waals surface area contributed by atoms with Crippen LogP contribution in [0.25, 0.3) is 0 Å². The average molecular weight is 342 g/mol. The average Bonchev–Trinajstić information content (AvgIpc) is 2.57. The fourth-order valence-electron chi connectivity index (χ4n) is 2.86. The molecule has 6 heteroatoms. The minimum absolute atomic E-state index is 0.0863. The Bertz CT molecular complexity index is 745. The molecule has 0 saturated carbocycles. The van der Waals surface area contributed by atoms with E-state index in [0.717, 1.165) is 5.56 Å². The molecule has 3 N–H and O–H groups in total. The molecule has 0 aliphatic carbocycles. The van der Waals surface area contributed by atoms with Gasteiger partial charge in [-0.2, -0.15) is 0 Å². The second-order valence-corrected chi connectivity index (χ2v) is 6.39. The lowest BCUT2D eigenvalue weighted by Crippen LogP contribution is -2.88. The molecule has 2 aromatic rings. The van der Waals surface area contributed by atoms with E-state index < -0.39 is 4.92 Å². The predicted octanol–water partition coefficient (Wildman–Crippen LogP) is 2.80. The number of anilines is 1. The maximum atomic E-state index is 12.3. The van der Waals surface area contributed by atoms with Crippen molar-refractivity contribution < 1.29 is 15.0 Å². The molecule has 1 atom stereocenters. The Kier molecular flexibility index (Phi) is 6.25. The number of amides is 1. The Morgan fingerprint density at radius 3 is 2.44 bits per heavy atom. The van der Waals surface area contributed by atoms with Crippen LogP contribution in [0.1, 0.15) is 31.0 Å². The standard InChI is InChI=1S/C19H23N3O3/c1-13(2)18(15-9-5-4-6-10-15)20-12-17(23)21-19-14(3)8-7-11-16(19)22(24)25/h4-11,13,18,20H,12H2,1-3H3,(H,21,23)/p+1/t18-/m1/s1. The molecular weight excluding hydrogens is 318 g/mol. The summed E-state index contributed by atoms with van der Waals surface area (Å²) in [6, 6.07) is 14.9. The number of carbonyl (C=O) groups excluding carboxylic acids is 1. The van der Waals surface area contributed by atoms with E-state index in [9.17, 15) is 14.9 Å². The lowest BCUT2D eigenvalue weighted by molar-refractivity contribution is -0.692. The van der Waals surface area contributed by atoms with Gasteiger partial charge in [0.05, 0.1) is 4.92 Å². The molecule has 0 radical (unpaired) electrons. The van der Waals surface area contributed by atoms with Crippen molar-refractivity contribution in [3.63, 3.8) is 0 Å². The molecule has 25 heavy (non-hydrogen) atoms. The number of hydrogen-bond acceptors (Lipinski definition) is 3. The van der Waals surface area contributed by atoms with Gasteiger partial charge in [-0.1, -0.05) is 56.3 Å². The first-order chi connectivity index (χ1) is 11.9. The highest BCUT2D eigenvalue weighted by atomic mass is 16.6. The van der Waals surface area contributed by atoms with Crippen molar-refractivity contribution in [2.24, 2.45) is 5.92 Å². The van der Waals surface area contributed by atoms with Gasteiger partial charge in [0.1, 0.15) is 11.7 Å². The van der Waals surface area contributed by atoms with E-state index in [-0.39, 0.29) is 29.9 Å². The van der Waals surface area contributed by atoms with E-state index in [1.807, 2.05) is 35.6 Å². The Balaban J connectivity index is 2.07. The number of rotatable bonds is 7.